The molecular weight excluding hydrogens is 600 g/mol. The van der Waals surface area contributed by atoms with Crippen molar-refractivity contribution in [3.8, 4) is 0 Å². The average Bonchev–Trinajstić information content (AvgIpc) is 3.09. The number of aliphatic hydroxyl groups excluding tert-OH is 2. The maximum atomic E-state index is 13.6. The van der Waals surface area contributed by atoms with Gasteiger partial charge >= 0.3 is 6.03 Å². The molecule has 4 N–H and O–H groups in total. The highest BCUT2D eigenvalue weighted by Crippen LogP contribution is 2.36. The van der Waals surface area contributed by atoms with Gasteiger partial charge in [-0.25, -0.2) is 4.79 Å². The minimum Gasteiger partial charge on any atom is -0.388 e. The van der Waals surface area contributed by atoms with Crippen molar-refractivity contribution in [2.24, 2.45) is 0 Å². The van der Waals surface area contributed by atoms with Gasteiger partial charge in [0.05, 0.1) is 26.4 Å². The predicted octanol–water partition coefficient (Wildman–Crippen LogP) is 1.83. The molecule has 6 rings (SSSR count). The van der Waals surface area contributed by atoms with Crippen molar-refractivity contribution in [2.45, 2.75) is 73.9 Å². The Kier molecular flexibility index (Phi) is 10.8. The lowest BCUT2D eigenvalue weighted by molar-refractivity contribution is -0.344. The molecule has 13 heteroatoms. The van der Waals surface area contributed by atoms with Crippen molar-refractivity contribution < 1.29 is 52.9 Å². The monoisotopic (exact) mass is 640 g/mol. The van der Waals surface area contributed by atoms with Crippen molar-refractivity contribution in [3.63, 3.8) is 0 Å². The first-order chi connectivity index (χ1) is 22.5. The Labute approximate surface area is 267 Å². The molecular formula is C33H40N2O11. The molecule has 4 heterocycles. The van der Waals surface area contributed by atoms with Crippen LogP contribution in [0.5, 0.6) is 0 Å². The van der Waals surface area contributed by atoms with Crippen molar-refractivity contribution in [1.82, 2.24) is 10.6 Å². The van der Waals surface area contributed by atoms with Crippen LogP contribution in [0.1, 0.15) is 23.7 Å². The van der Waals surface area contributed by atoms with Gasteiger partial charge in [0.2, 0.25) is 0 Å². The number of hydrogen-bond donors (Lipinski definition) is 4. The standard InChI is InChI=1S/C33H40N2O11/c1-3-15-39-31-23(25(36)27-21(43-31)17-41-29(45-27)19-11-7-5-8-12-19)34-33(38)35-24-26(37)28-22(44-32(24)40-16-4-2)18-42-30(46-28)20-13-9-6-10-14-20/h3-14,21-32,36-37H,1-2,15-18H2,(H2,34,35,38)/t21-,22-,23-,24-,25-,26-,27+,28+,29?,30?,31+,32+/m1/s1. The summed E-state index contributed by atoms with van der Waals surface area (Å²) in [4.78, 5) is 13.6. The molecule has 0 aromatic heterocycles. The Morgan fingerprint density at radius 3 is 1.52 bits per heavy atom. The van der Waals surface area contributed by atoms with E-state index in [1.807, 2.05) is 60.7 Å². The van der Waals surface area contributed by atoms with E-state index in [2.05, 4.69) is 23.8 Å². The molecule has 4 fully saturated rings. The van der Waals surface area contributed by atoms with Gasteiger partial charge in [-0.3, -0.25) is 0 Å². The van der Waals surface area contributed by atoms with Crippen molar-refractivity contribution in [3.05, 3.63) is 97.1 Å². The lowest BCUT2D eigenvalue weighted by Gasteiger charge is -2.49. The van der Waals surface area contributed by atoms with Crippen LogP contribution in [0.2, 0.25) is 0 Å². The number of ether oxygens (including phenoxy) is 8. The largest absolute Gasteiger partial charge is 0.388 e. The SMILES string of the molecule is C=CCO[C@H]1O[C@@H]2COC(c3ccccc3)O[C@@H]2[C@H](O)[C@H]1NC(=O)N[C@H]1[C@@H](OCC=C)O[C@@H]2COC(c3ccccc3)O[C@@H]2[C@@H]1O. The van der Waals surface area contributed by atoms with Crippen molar-refractivity contribution >= 4 is 6.03 Å². The summed E-state index contributed by atoms with van der Waals surface area (Å²) in [7, 11) is 0. The highest BCUT2D eigenvalue weighted by atomic mass is 16.8. The molecule has 248 valence electrons. The summed E-state index contributed by atoms with van der Waals surface area (Å²) in [6.07, 6.45) is -6.01. The predicted molar refractivity (Wildman–Crippen MR) is 161 cm³/mol. The Hall–Kier alpha value is -3.21. The van der Waals surface area contributed by atoms with Crippen LogP contribution >= 0.6 is 0 Å². The zero-order chi connectivity index (χ0) is 32.0. The van der Waals surface area contributed by atoms with Gasteiger partial charge in [0.15, 0.2) is 25.2 Å². The second-order valence-corrected chi connectivity index (χ2v) is 11.3. The van der Waals surface area contributed by atoms with Crippen LogP contribution < -0.4 is 10.6 Å². The molecule has 4 aliphatic rings. The Balaban J connectivity index is 1.16. The van der Waals surface area contributed by atoms with Gasteiger partial charge in [0.25, 0.3) is 0 Å². The van der Waals surface area contributed by atoms with Crippen LogP contribution in [0, 0.1) is 0 Å². The number of carbonyl (C=O) groups excluding carboxylic acids is 1. The van der Waals surface area contributed by atoms with E-state index in [-0.39, 0.29) is 26.4 Å². The van der Waals surface area contributed by atoms with Crippen LogP contribution in [-0.4, -0.2) is 104 Å². The number of urea groups is 1. The fourth-order valence-electron chi connectivity index (χ4n) is 6.01. The van der Waals surface area contributed by atoms with E-state index in [0.717, 1.165) is 11.1 Å². The van der Waals surface area contributed by atoms with E-state index in [0.29, 0.717) is 0 Å². The lowest BCUT2D eigenvalue weighted by Crippen LogP contribution is -2.70. The highest BCUT2D eigenvalue weighted by molar-refractivity contribution is 5.75. The summed E-state index contributed by atoms with van der Waals surface area (Å²) in [6, 6.07) is 15.8. The van der Waals surface area contributed by atoms with E-state index >= 15 is 0 Å². The molecule has 0 aliphatic carbocycles. The number of fused-ring (bicyclic) bond motifs is 2. The summed E-state index contributed by atoms with van der Waals surface area (Å²) in [5.74, 6) is 0. The molecule has 12 atom stereocenters. The van der Waals surface area contributed by atoms with Crippen LogP contribution in [0.3, 0.4) is 0 Å². The summed E-state index contributed by atoms with van der Waals surface area (Å²) >= 11 is 0. The molecule has 4 saturated heterocycles. The molecule has 2 aromatic rings. The molecule has 0 saturated carbocycles. The second kappa shape index (κ2) is 15.1. The normalized spacial score (nSPS) is 37.3. The van der Waals surface area contributed by atoms with E-state index < -0.39 is 79.9 Å². The molecule has 0 spiro atoms. The molecule has 13 nitrogen and oxygen atoms in total. The summed E-state index contributed by atoms with van der Waals surface area (Å²) in [5, 5.41) is 28.5. The minimum absolute atomic E-state index is 0.0978. The molecule has 2 aromatic carbocycles. The first kappa shape index (κ1) is 32.7. The number of amides is 2. The maximum absolute atomic E-state index is 13.6. The Morgan fingerprint density at radius 1 is 0.717 bits per heavy atom. The zero-order valence-corrected chi connectivity index (χ0v) is 25.2. The fourth-order valence-corrected chi connectivity index (χ4v) is 6.01. The first-order valence-corrected chi connectivity index (χ1v) is 15.3. The number of carbonyl (C=O) groups is 1. The molecule has 4 aliphatic heterocycles. The van der Waals surface area contributed by atoms with Gasteiger partial charge in [-0.1, -0.05) is 72.8 Å². The number of rotatable bonds is 10. The van der Waals surface area contributed by atoms with Gasteiger partial charge in [0.1, 0.15) is 48.7 Å². The second-order valence-electron chi connectivity index (χ2n) is 11.3. The summed E-state index contributed by atoms with van der Waals surface area (Å²) in [5.41, 5.74) is 1.56. The Bertz CT molecular complexity index is 1210. The summed E-state index contributed by atoms with van der Waals surface area (Å²) < 4.78 is 47.8. The molecule has 0 radical (unpaired) electrons. The third-order valence-corrected chi connectivity index (χ3v) is 8.23. The topological polar surface area (TPSA) is 155 Å². The van der Waals surface area contributed by atoms with Crippen LogP contribution in [0.15, 0.2) is 86.0 Å². The quantitative estimate of drug-likeness (QED) is 0.281. The van der Waals surface area contributed by atoms with E-state index in [1.165, 1.54) is 12.2 Å². The maximum Gasteiger partial charge on any atom is 0.315 e. The van der Waals surface area contributed by atoms with Crippen molar-refractivity contribution in [1.29, 1.82) is 0 Å². The van der Waals surface area contributed by atoms with Gasteiger partial charge in [-0.05, 0) is 0 Å². The van der Waals surface area contributed by atoms with Gasteiger partial charge in [-0.2, -0.15) is 0 Å². The zero-order valence-electron chi connectivity index (χ0n) is 25.2. The van der Waals surface area contributed by atoms with Crippen LogP contribution in [0.4, 0.5) is 4.79 Å². The van der Waals surface area contributed by atoms with Crippen LogP contribution in [-0.2, 0) is 37.9 Å². The number of aliphatic hydroxyl groups is 2. The van der Waals surface area contributed by atoms with Gasteiger partial charge in [0, 0.05) is 11.1 Å². The molecule has 2 unspecified atom stereocenters. The number of nitrogens with one attached hydrogen (secondary N) is 2. The van der Waals surface area contributed by atoms with Gasteiger partial charge < -0.3 is 58.7 Å². The average molecular weight is 641 g/mol. The Morgan fingerprint density at radius 2 is 1.13 bits per heavy atom. The molecule has 46 heavy (non-hydrogen) atoms. The number of hydrogen-bond acceptors (Lipinski definition) is 11. The third kappa shape index (κ3) is 7.19. The van der Waals surface area contributed by atoms with Crippen LogP contribution in [0.25, 0.3) is 0 Å². The van der Waals surface area contributed by atoms with E-state index in [9.17, 15) is 15.0 Å². The minimum atomic E-state index is -1.25. The smallest absolute Gasteiger partial charge is 0.315 e. The van der Waals surface area contributed by atoms with E-state index in [1.54, 1.807) is 0 Å². The molecule has 0 bridgehead atoms. The fraction of sp³-hybridized carbons (Fsp3) is 0.485. The molecule has 2 amide bonds. The van der Waals surface area contributed by atoms with Gasteiger partial charge in [-0.15, -0.1) is 13.2 Å². The first-order valence-electron chi connectivity index (χ1n) is 15.3. The summed E-state index contributed by atoms with van der Waals surface area (Å²) in [6.45, 7) is 7.82. The lowest BCUT2D eigenvalue weighted by atomic mass is 9.95. The number of benzene rings is 2. The van der Waals surface area contributed by atoms with Crippen molar-refractivity contribution in [2.75, 3.05) is 26.4 Å². The van der Waals surface area contributed by atoms with E-state index in [4.69, 9.17) is 37.9 Å². The third-order valence-electron chi connectivity index (χ3n) is 8.23. The highest BCUT2D eigenvalue weighted by Gasteiger charge is 2.53.